The van der Waals surface area contributed by atoms with Crippen LogP contribution in [-0.4, -0.2) is 45.1 Å². The van der Waals surface area contributed by atoms with Crippen LogP contribution in [-0.2, 0) is 11.3 Å². The molecule has 1 aromatic rings. The van der Waals surface area contributed by atoms with Crippen molar-refractivity contribution >= 4 is 12.0 Å². The van der Waals surface area contributed by atoms with Gasteiger partial charge >= 0.3 is 12.0 Å². The van der Waals surface area contributed by atoms with Crippen LogP contribution in [0.5, 0.6) is 0 Å². The quantitative estimate of drug-likeness (QED) is 0.725. The summed E-state index contributed by atoms with van der Waals surface area (Å²) < 4.78 is 0. The van der Waals surface area contributed by atoms with Gasteiger partial charge in [0.2, 0.25) is 0 Å². The van der Waals surface area contributed by atoms with Crippen molar-refractivity contribution in [3.05, 3.63) is 18.2 Å². The number of carbonyl (C=O) groups excluding carboxylic acids is 1. The molecule has 98 valence electrons. The highest BCUT2D eigenvalue weighted by Crippen LogP contribution is 2.16. The van der Waals surface area contributed by atoms with Gasteiger partial charge in [0.25, 0.3) is 0 Å². The molecule has 0 bridgehead atoms. The molecule has 2 heterocycles. The molecule has 3 N–H and O–H groups in total. The largest absolute Gasteiger partial charge is 0.481 e. The third-order valence-corrected chi connectivity index (χ3v) is 3.04. The molecule has 1 fully saturated rings. The molecule has 1 aliphatic heterocycles. The van der Waals surface area contributed by atoms with Crippen molar-refractivity contribution < 1.29 is 14.7 Å². The number of likely N-dealkylation sites (tertiary alicyclic amines) is 1. The molecule has 0 saturated carbocycles. The Labute approximate surface area is 104 Å². The number of hydrogen-bond donors (Lipinski definition) is 3. The number of carbonyl (C=O) groups is 2. The topological polar surface area (TPSA) is 98.3 Å². The van der Waals surface area contributed by atoms with E-state index in [0.717, 1.165) is 12.1 Å². The molecule has 18 heavy (non-hydrogen) atoms. The zero-order chi connectivity index (χ0) is 13.0. The van der Waals surface area contributed by atoms with E-state index in [4.69, 9.17) is 5.11 Å². The maximum atomic E-state index is 11.8. The molecule has 0 aliphatic carbocycles. The fourth-order valence-corrected chi connectivity index (χ4v) is 2.03. The number of nitrogens with one attached hydrogen (secondary N) is 2. The van der Waals surface area contributed by atoms with E-state index < -0.39 is 11.9 Å². The lowest BCUT2D eigenvalue weighted by atomic mass is 9.99. The molecule has 0 radical (unpaired) electrons. The van der Waals surface area contributed by atoms with E-state index in [9.17, 15) is 9.59 Å². The number of aromatic amines is 1. The van der Waals surface area contributed by atoms with Crippen molar-refractivity contribution in [1.82, 2.24) is 20.2 Å². The Morgan fingerprint density at radius 1 is 1.61 bits per heavy atom. The van der Waals surface area contributed by atoms with Gasteiger partial charge in [-0.2, -0.15) is 0 Å². The number of urea groups is 1. The number of amides is 2. The SMILES string of the molecule is O=C(O)[C@@H]1CCCN(C(=O)NCc2cnc[nH]2)C1. The lowest BCUT2D eigenvalue weighted by Gasteiger charge is -2.30. The van der Waals surface area contributed by atoms with Gasteiger partial charge in [-0.3, -0.25) is 4.79 Å². The number of imidazole rings is 1. The minimum absolute atomic E-state index is 0.226. The molecule has 0 aromatic carbocycles. The van der Waals surface area contributed by atoms with Crippen molar-refractivity contribution in [3.63, 3.8) is 0 Å². The average Bonchev–Trinajstić information content (AvgIpc) is 2.89. The van der Waals surface area contributed by atoms with Crippen LogP contribution in [0.15, 0.2) is 12.5 Å². The average molecular weight is 252 g/mol. The zero-order valence-corrected chi connectivity index (χ0v) is 9.93. The van der Waals surface area contributed by atoms with Crippen LogP contribution < -0.4 is 5.32 Å². The summed E-state index contributed by atoms with van der Waals surface area (Å²) in [5.74, 6) is -1.28. The van der Waals surface area contributed by atoms with Gasteiger partial charge in [0, 0.05) is 19.3 Å². The van der Waals surface area contributed by atoms with E-state index in [1.165, 1.54) is 0 Å². The van der Waals surface area contributed by atoms with Crippen molar-refractivity contribution in [2.24, 2.45) is 5.92 Å². The van der Waals surface area contributed by atoms with Gasteiger partial charge in [-0.1, -0.05) is 0 Å². The van der Waals surface area contributed by atoms with Gasteiger partial charge in [-0.15, -0.1) is 0 Å². The lowest BCUT2D eigenvalue weighted by Crippen LogP contribution is -2.46. The van der Waals surface area contributed by atoms with Gasteiger partial charge in [-0.05, 0) is 12.8 Å². The Morgan fingerprint density at radius 3 is 3.11 bits per heavy atom. The van der Waals surface area contributed by atoms with E-state index in [0.29, 0.717) is 19.5 Å². The molecule has 1 aromatic heterocycles. The second-order valence-electron chi connectivity index (χ2n) is 4.36. The van der Waals surface area contributed by atoms with E-state index in [1.54, 1.807) is 17.4 Å². The van der Waals surface area contributed by atoms with Gasteiger partial charge in [0.1, 0.15) is 0 Å². The molecule has 2 amide bonds. The van der Waals surface area contributed by atoms with E-state index in [1.807, 2.05) is 0 Å². The Bertz CT molecular complexity index is 418. The van der Waals surface area contributed by atoms with Crippen molar-refractivity contribution in [1.29, 1.82) is 0 Å². The Hall–Kier alpha value is -2.05. The molecule has 1 saturated heterocycles. The number of rotatable bonds is 3. The lowest BCUT2D eigenvalue weighted by molar-refractivity contribution is -0.143. The molecule has 0 spiro atoms. The van der Waals surface area contributed by atoms with Crippen LogP contribution in [0.4, 0.5) is 4.79 Å². The first-order chi connectivity index (χ1) is 8.66. The van der Waals surface area contributed by atoms with E-state index >= 15 is 0 Å². The summed E-state index contributed by atoms with van der Waals surface area (Å²) in [6.45, 7) is 1.26. The normalized spacial score (nSPS) is 19.6. The van der Waals surface area contributed by atoms with E-state index in [2.05, 4.69) is 15.3 Å². The molecule has 7 nitrogen and oxygen atoms in total. The predicted octanol–water partition coefficient (Wildman–Crippen LogP) is 0.416. The highest BCUT2D eigenvalue weighted by atomic mass is 16.4. The zero-order valence-electron chi connectivity index (χ0n) is 9.93. The summed E-state index contributed by atoms with van der Waals surface area (Å²) in [5, 5.41) is 11.7. The van der Waals surface area contributed by atoms with Crippen molar-refractivity contribution in [3.8, 4) is 0 Å². The number of piperidine rings is 1. The molecule has 1 atom stereocenters. The third kappa shape index (κ3) is 2.99. The third-order valence-electron chi connectivity index (χ3n) is 3.04. The standard InChI is InChI=1S/C11H16N4O3/c16-10(17)8-2-1-3-15(6-8)11(18)13-5-9-4-12-7-14-9/h4,7-8H,1-3,5-6H2,(H,12,14)(H,13,18)(H,16,17)/t8-/m1/s1. The van der Waals surface area contributed by atoms with Crippen LogP contribution in [0.2, 0.25) is 0 Å². The Kier molecular flexibility index (Phi) is 3.81. The maximum absolute atomic E-state index is 11.8. The summed E-state index contributed by atoms with van der Waals surface area (Å²) >= 11 is 0. The first-order valence-corrected chi connectivity index (χ1v) is 5.89. The van der Waals surface area contributed by atoms with Gasteiger partial charge in [0.05, 0.1) is 24.5 Å². The number of aromatic nitrogens is 2. The summed E-state index contributed by atoms with van der Waals surface area (Å²) in [4.78, 5) is 31.0. The maximum Gasteiger partial charge on any atom is 0.317 e. The summed E-state index contributed by atoms with van der Waals surface area (Å²) in [6.07, 6.45) is 4.55. The fourth-order valence-electron chi connectivity index (χ4n) is 2.03. The highest BCUT2D eigenvalue weighted by molar-refractivity contribution is 5.76. The van der Waals surface area contributed by atoms with Gasteiger partial charge in [0.15, 0.2) is 0 Å². The second kappa shape index (κ2) is 5.52. The van der Waals surface area contributed by atoms with E-state index in [-0.39, 0.29) is 12.6 Å². The molecule has 7 heteroatoms. The predicted molar refractivity (Wildman–Crippen MR) is 62.8 cm³/mol. The van der Waals surface area contributed by atoms with Crippen LogP contribution in [0.1, 0.15) is 18.5 Å². The first kappa shape index (κ1) is 12.4. The van der Waals surface area contributed by atoms with Crippen LogP contribution in [0.25, 0.3) is 0 Å². The van der Waals surface area contributed by atoms with Crippen molar-refractivity contribution in [2.75, 3.05) is 13.1 Å². The first-order valence-electron chi connectivity index (χ1n) is 5.89. The minimum atomic E-state index is -0.832. The monoisotopic (exact) mass is 252 g/mol. The Morgan fingerprint density at radius 2 is 2.44 bits per heavy atom. The summed E-state index contributed by atoms with van der Waals surface area (Å²) in [6, 6.07) is -0.226. The number of hydrogen-bond acceptors (Lipinski definition) is 3. The van der Waals surface area contributed by atoms with Gasteiger partial charge in [-0.25, -0.2) is 9.78 Å². The highest BCUT2D eigenvalue weighted by Gasteiger charge is 2.27. The molecule has 1 aliphatic rings. The molecular formula is C11H16N4O3. The second-order valence-corrected chi connectivity index (χ2v) is 4.36. The minimum Gasteiger partial charge on any atom is -0.481 e. The number of carboxylic acid groups (broad SMARTS) is 1. The molecular weight excluding hydrogens is 236 g/mol. The number of H-pyrrole nitrogens is 1. The van der Waals surface area contributed by atoms with Crippen LogP contribution >= 0.6 is 0 Å². The van der Waals surface area contributed by atoms with Crippen molar-refractivity contribution in [2.45, 2.75) is 19.4 Å². The fraction of sp³-hybridized carbons (Fsp3) is 0.545. The number of carboxylic acids is 1. The summed E-state index contributed by atoms with van der Waals surface area (Å²) in [7, 11) is 0. The van der Waals surface area contributed by atoms with Gasteiger partial charge < -0.3 is 20.3 Å². The molecule has 2 rings (SSSR count). The van der Waals surface area contributed by atoms with Crippen LogP contribution in [0, 0.1) is 5.92 Å². The smallest absolute Gasteiger partial charge is 0.317 e. The van der Waals surface area contributed by atoms with Crippen LogP contribution in [0.3, 0.4) is 0 Å². The summed E-state index contributed by atoms with van der Waals surface area (Å²) in [5.41, 5.74) is 0.815. The Balaban J connectivity index is 1.83. The number of aliphatic carboxylic acids is 1. The molecule has 0 unspecified atom stereocenters. The number of nitrogens with zero attached hydrogens (tertiary/aromatic N) is 2.